The fourth-order valence-corrected chi connectivity index (χ4v) is 1.76. The Morgan fingerprint density at radius 3 is 2.59 bits per heavy atom. The van der Waals surface area contributed by atoms with Crippen molar-refractivity contribution in [2.45, 2.75) is 12.3 Å². The molecule has 0 saturated heterocycles. The van der Waals surface area contributed by atoms with Gasteiger partial charge in [-0.05, 0) is 11.6 Å². The Morgan fingerprint density at radius 1 is 1.24 bits per heavy atom. The van der Waals surface area contributed by atoms with Crippen LogP contribution >= 0.6 is 11.6 Å². The highest BCUT2D eigenvalue weighted by molar-refractivity contribution is 6.16. The number of aromatic nitrogens is 3. The van der Waals surface area contributed by atoms with Crippen LogP contribution in [0.25, 0.3) is 0 Å². The van der Waals surface area contributed by atoms with E-state index in [0.717, 1.165) is 6.07 Å². The van der Waals surface area contributed by atoms with Gasteiger partial charge in [0, 0.05) is 13.5 Å². The van der Waals surface area contributed by atoms with Crippen LogP contribution in [0, 0.1) is 11.6 Å². The van der Waals surface area contributed by atoms with E-state index < -0.39 is 11.6 Å². The molecule has 0 aliphatic rings. The lowest BCUT2D eigenvalue weighted by Crippen LogP contribution is -2.04. The molecule has 2 aromatic rings. The number of hydrogen-bond acceptors (Lipinski definition) is 2. The van der Waals surface area contributed by atoms with Gasteiger partial charge in [0.15, 0.2) is 11.6 Å². The summed E-state index contributed by atoms with van der Waals surface area (Å²) in [6.45, 7) is 0. The summed E-state index contributed by atoms with van der Waals surface area (Å²) in [5.41, 5.74) is 0.252. The van der Waals surface area contributed by atoms with Crippen LogP contribution in [-0.4, -0.2) is 14.8 Å². The van der Waals surface area contributed by atoms with Crippen molar-refractivity contribution in [1.29, 1.82) is 0 Å². The summed E-state index contributed by atoms with van der Waals surface area (Å²) in [5, 5.41) is 7.74. The molecule has 1 heterocycles. The van der Waals surface area contributed by atoms with Crippen molar-refractivity contribution in [2.24, 2.45) is 7.05 Å². The molecule has 6 heteroatoms. The lowest BCUT2D eigenvalue weighted by molar-refractivity contribution is 0.499. The predicted octanol–water partition coefficient (Wildman–Crippen LogP) is 2.42. The van der Waals surface area contributed by atoms with Crippen LogP contribution in [0.3, 0.4) is 0 Å². The van der Waals surface area contributed by atoms with Crippen LogP contribution in [0.1, 0.15) is 17.2 Å². The molecule has 1 aromatic carbocycles. The zero-order valence-corrected chi connectivity index (χ0v) is 9.88. The Labute approximate surface area is 102 Å². The number of rotatable bonds is 3. The van der Waals surface area contributed by atoms with Gasteiger partial charge in [-0.15, -0.1) is 21.8 Å². The molecule has 0 aliphatic heterocycles. The Hall–Kier alpha value is -1.49. The first-order chi connectivity index (χ1) is 8.13. The summed E-state index contributed by atoms with van der Waals surface area (Å²) in [6, 6.07) is 4.07. The summed E-state index contributed by atoms with van der Waals surface area (Å²) in [4.78, 5) is 0. The van der Waals surface area contributed by atoms with Crippen molar-refractivity contribution in [3.05, 3.63) is 47.0 Å². The van der Waals surface area contributed by atoms with Crippen molar-refractivity contribution >= 4 is 11.6 Å². The van der Waals surface area contributed by atoms with E-state index in [9.17, 15) is 8.78 Å². The zero-order chi connectivity index (χ0) is 12.4. The van der Waals surface area contributed by atoms with E-state index in [-0.39, 0.29) is 17.9 Å². The first-order valence-corrected chi connectivity index (χ1v) is 5.53. The molecule has 0 bridgehead atoms. The fourth-order valence-electron chi connectivity index (χ4n) is 1.52. The molecule has 0 N–H and O–H groups in total. The van der Waals surface area contributed by atoms with E-state index in [1.807, 2.05) is 0 Å². The minimum absolute atomic E-state index is 0.185. The third-order valence-corrected chi connectivity index (χ3v) is 2.79. The molecule has 1 aromatic heterocycles. The maximum atomic E-state index is 13.4. The summed E-state index contributed by atoms with van der Waals surface area (Å²) < 4.78 is 28.1. The Morgan fingerprint density at radius 2 is 1.94 bits per heavy atom. The van der Waals surface area contributed by atoms with Crippen LogP contribution in [0.15, 0.2) is 18.2 Å². The summed E-state index contributed by atoms with van der Waals surface area (Å²) >= 11 is 5.65. The molecule has 0 radical (unpaired) electrons. The summed E-state index contributed by atoms with van der Waals surface area (Å²) in [6.07, 6.45) is 0.185. The van der Waals surface area contributed by atoms with Gasteiger partial charge in [0.05, 0.1) is 5.88 Å². The Bertz CT molecular complexity index is 540. The van der Waals surface area contributed by atoms with Gasteiger partial charge in [0.2, 0.25) is 0 Å². The molecular formula is C11H10ClF2N3. The normalized spacial score (nSPS) is 10.8. The van der Waals surface area contributed by atoms with Crippen molar-refractivity contribution in [3.8, 4) is 0 Å². The minimum Gasteiger partial charge on any atom is -0.317 e. The number of halogens is 3. The van der Waals surface area contributed by atoms with Crippen LogP contribution in [0.2, 0.25) is 0 Å². The molecule has 0 spiro atoms. The average Bonchev–Trinajstić information content (AvgIpc) is 2.66. The van der Waals surface area contributed by atoms with Crippen molar-refractivity contribution in [3.63, 3.8) is 0 Å². The summed E-state index contributed by atoms with van der Waals surface area (Å²) in [7, 11) is 1.74. The molecular weight excluding hydrogens is 248 g/mol. The maximum Gasteiger partial charge on any atom is 0.162 e. The third-order valence-electron chi connectivity index (χ3n) is 2.55. The molecule has 0 fully saturated rings. The van der Waals surface area contributed by atoms with Crippen LogP contribution < -0.4 is 0 Å². The van der Waals surface area contributed by atoms with Gasteiger partial charge < -0.3 is 4.57 Å². The van der Waals surface area contributed by atoms with E-state index in [2.05, 4.69) is 10.2 Å². The lowest BCUT2D eigenvalue weighted by atomic mass is 10.1. The fraction of sp³-hybridized carbons (Fsp3) is 0.273. The highest BCUT2D eigenvalue weighted by atomic mass is 35.5. The molecule has 0 amide bonds. The largest absolute Gasteiger partial charge is 0.317 e. The predicted molar refractivity (Wildman–Crippen MR) is 59.7 cm³/mol. The van der Waals surface area contributed by atoms with Crippen molar-refractivity contribution < 1.29 is 8.78 Å². The van der Waals surface area contributed by atoms with Gasteiger partial charge in [0.25, 0.3) is 0 Å². The minimum atomic E-state index is -0.859. The third kappa shape index (κ3) is 2.29. The zero-order valence-electron chi connectivity index (χ0n) is 9.12. The molecule has 0 saturated carbocycles. The van der Waals surface area contributed by atoms with Gasteiger partial charge in [-0.2, -0.15) is 0 Å². The van der Waals surface area contributed by atoms with Gasteiger partial charge in [0.1, 0.15) is 11.6 Å². The van der Waals surface area contributed by atoms with Crippen molar-refractivity contribution in [2.75, 3.05) is 0 Å². The van der Waals surface area contributed by atoms with Gasteiger partial charge in [-0.1, -0.05) is 12.1 Å². The quantitative estimate of drug-likeness (QED) is 0.791. The van der Waals surface area contributed by atoms with E-state index in [0.29, 0.717) is 11.6 Å². The Balaban J connectivity index is 2.31. The van der Waals surface area contributed by atoms with E-state index in [4.69, 9.17) is 11.6 Å². The van der Waals surface area contributed by atoms with Crippen molar-refractivity contribution in [1.82, 2.24) is 14.8 Å². The van der Waals surface area contributed by atoms with E-state index in [1.165, 1.54) is 12.1 Å². The molecule has 2 rings (SSSR count). The lowest BCUT2D eigenvalue weighted by Gasteiger charge is -2.04. The van der Waals surface area contributed by atoms with Crippen LogP contribution in [-0.2, 0) is 19.3 Å². The second-order valence-corrected chi connectivity index (χ2v) is 3.88. The number of benzene rings is 1. The highest BCUT2D eigenvalue weighted by Gasteiger charge is 2.13. The van der Waals surface area contributed by atoms with Gasteiger partial charge in [-0.25, -0.2) is 8.78 Å². The number of nitrogens with zero attached hydrogens (tertiary/aromatic N) is 3. The second-order valence-electron chi connectivity index (χ2n) is 3.61. The Kier molecular flexibility index (Phi) is 3.38. The molecule has 0 unspecified atom stereocenters. The average molecular weight is 258 g/mol. The van der Waals surface area contributed by atoms with Crippen LogP contribution in [0.4, 0.5) is 8.78 Å². The molecule has 0 atom stereocenters. The molecule has 17 heavy (non-hydrogen) atoms. The number of hydrogen-bond donors (Lipinski definition) is 0. The maximum absolute atomic E-state index is 13.4. The molecule has 90 valence electrons. The highest BCUT2D eigenvalue weighted by Crippen LogP contribution is 2.15. The first kappa shape index (κ1) is 12.0. The van der Waals surface area contributed by atoms with E-state index in [1.54, 1.807) is 11.6 Å². The van der Waals surface area contributed by atoms with E-state index >= 15 is 0 Å². The monoisotopic (exact) mass is 257 g/mol. The molecule has 0 aliphatic carbocycles. The first-order valence-electron chi connectivity index (χ1n) is 4.99. The standard InChI is InChI=1S/C11H10ClF2N3/c1-17-9(15-16-10(17)6-12)5-7-3-2-4-8(13)11(7)14/h2-4H,5-6H2,1H3. The topological polar surface area (TPSA) is 30.7 Å². The summed E-state index contributed by atoms with van der Waals surface area (Å²) in [5.74, 6) is -0.330. The SMILES string of the molecule is Cn1c(CCl)nnc1Cc1cccc(F)c1F. The van der Waals surface area contributed by atoms with Crippen LogP contribution in [0.5, 0.6) is 0 Å². The smallest absolute Gasteiger partial charge is 0.162 e. The van der Waals surface area contributed by atoms with Gasteiger partial charge in [-0.3, -0.25) is 0 Å². The second kappa shape index (κ2) is 4.79. The van der Waals surface area contributed by atoms with Gasteiger partial charge >= 0.3 is 0 Å². The number of alkyl halides is 1. The molecule has 3 nitrogen and oxygen atoms in total.